The topological polar surface area (TPSA) is 0 Å². The molecule has 0 radical (unpaired) electrons. The van der Waals surface area contributed by atoms with Crippen molar-refractivity contribution >= 4 is 26.2 Å². The fourth-order valence-electron chi connectivity index (χ4n) is 2.11. The Morgan fingerprint density at radius 2 is 2.12 bits per heavy atom. The average molecular weight is 248 g/mol. The highest BCUT2D eigenvalue weighted by Gasteiger charge is 2.19. The first kappa shape index (κ1) is 11.7. The van der Waals surface area contributed by atoms with Crippen molar-refractivity contribution in [3.05, 3.63) is 53.1 Å². The Morgan fingerprint density at radius 1 is 1.38 bits per heavy atom. The molecular formula is C14H16S2. The molecule has 1 aliphatic carbocycles. The van der Waals surface area contributed by atoms with Crippen LogP contribution in [0, 0.1) is 0 Å². The summed E-state index contributed by atoms with van der Waals surface area (Å²) < 4.78 is 0. The fraction of sp³-hybridized carbons (Fsp3) is 0.286. The molecule has 1 unspecified atom stereocenters. The summed E-state index contributed by atoms with van der Waals surface area (Å²) >= 11 is 5.25. The lowest BCUT2D eigenvalue weighted by Crippen LogP contribution is -1.90. The molecule has 0 saturated carbocycles. The van der Waals surface area contributed by atoms with E-state index in [2.05, 4.69) is 49.6 Å². The number of benzene rings is 1. The maximum Gasteiger partial charge on any atom is 0.0166 e. The van der Waals surface area contributed by atoms with Gasteiger partial charge in [0.15, 0.2) is 0 Å². The molecule has 0 amide bonds. The highest BCUT2D eigenvalue weighted by Crippen LogP contribution is 2.36. The Labute approximate surface area is 105 Å². The van der Waals surface area contributed by atoms with E-state index < -0.39 is 0 Å². The zero-order chi connectivity index (χ0) is 11.5. The summed E-state index contributed by atoms with van der Waals surface area (Å²) in [5.41, 5.74) is 5.70. The van der Waals surface area contributed by atoms with Crippen molar-refractivity contribution in [3.63, 3.8) is 0 Å². The Balaban J connectivity index is 2.42. The molecule has 2 rings (SSSR count). The lowest BCUT2D eigenvalue weighted by atomic mass is 10.1. The molecule has 1 aromatic rings. The van der Waals surface area contributed by atoms with Crippen LogP contribution < -0.4 is 0 Å². The summed E-state index contributed by atoms with van der Waals surface area (Å²) in [6.45, 7) is 2.12. The van der Waals surface area contributed by atoms with E-state index in [0.29, 0.717) is 0 Å². The Kier molecular flexibility index (Phi) is 3.72. The zero-order valence-corrected chi connectivity index (χ0v) is 11.3. The summed E-state index contributed by atoms with van der Waals surface area (Å²) in [5, 5.41) is 0. The molecule has 0 aliphatic heterocycles. The van der Waals surface area contributed by atoms with Gasteiger partial charge in [-0.2, -0.15) is 0 Å². The van der Waals surface area contributed by atoms with E-state index in [9.17, 15) is 0 Å². The minimum atomic E-state index is 0.0744. The monoisotopic (exact) mass is 248 g/mol. The third-order valence-electron chi connectivity index (χ3n) is 2.91. The van der Waals surface area contributed by atoms with Gasteiger partial charge in [0.05, 0.1) is 0 Å². The van der Waals surface area contributed by atoms with Crippen LogP contribution in [0.5, 0.6) is 0 Å². The third-order valence-corrected chi connectivity index (χ3v) is 3.95. The summed E-state index contributed by atoms with van der Waals surface area (Å²) in [7, 11) is 0.0744. The minimum absolute atomic E-state index is 0.0744. The molecule has 1 aliphatic rings. The minimum Gasteiger partial charge on any atom is -0.121 e. The standard InChI is InChI=1S/C14H16S2/c1-3-11-10-12-6-4-5-7-13(12)14(11)8-9-16(2)15/h3-8H,9-10H2,1-2H3/b11-3?,14-8+. The molecule has 1 aromatic carbocycles. The molecule has 0 fully saturated rings. The first-order valence-electron chi connectivity index (χ1n) is 5.46. The predicted octanol–water partition coefficient (Wildman–Crippen LogP) is 3.28. The van der Waals surface area contributed by atoms with Crippen LogP contribution in [0.4, 0.5) is 0 Å². The lowest BCUT2D eigenvalue weighted by Gasteiger charge is -2.02. The van der Waals surface area contributed by atoms with Crippen molar-refractivity contribution in [1.82, 2.24) is 0 Å². The van der Waals surface area contributed by atoms with E-state index in [1.807, 2.05) is 0 Å². The molecule has 0 heterocycles. The average Bonchev–Trinajstić information content (AvgIpc) is 2.64. The molecule has 84 valence electrons. The van der Waals surface area contributed by atoms with Crippen LogP contribution >= 0.6 is 0 Å². The van der Waals surface area contributed by atoms with Gasteiger partial charge in [-0.25, -0.2) is 0 Å². The van der Waals surface area contributed by atoms with Gasteiger partial charge in [-0.15, -0.1) is 9.45 Å². The van der Waals surface area contributed by atoms with Crippen LogP contribution in [0.2, 0.25) is 0 Å². The van der Waals surface area contributed by atoms with Gasteiger partial charge in [0.25, 0.3) is 0 Å². The van der Waals surface area contributed by atoms with E-state index >= 15 is 0 Å². The molecule has 0 bridgehead atoms. The highest BCUT2D eigenvalue weighted by molar-refractivity contribution is 8.28. The fourth-order valence-corrected chi connectivity index (χ4v) is 2.72. The largest absolute Gasteiger partial charge is 0.121 e. The van der Waals surface area contributed by atoms with Crippen molar-refractivity contribution < 1.29 is 0 Å². The highest BCUT2D eigenvalue weighted by atomic mass is 32.8. The maximum absolute atomic E-state index is 5.25. The molecule has 0 saturated heterocycles. The Hall–Kier alpha value is -0.730. The molecule has 0 nitrogen and oxygen atoms in total. The van der Waals surface area contributed by atoms with Crippen LogP contribution in [0.15, 0.2) is 42.0 Å². The first-order chi connectivity index (χ1) is 7.72. The summed E-state index contributed by atoms with van der Waals surface area (Å²) in [6, 6.07) is 8.67. The van der Waals surface area contributed by atoms with Gasteiger partial charge in [0, 0.05) is 5.75 Å². The first-order valence-corrected chi connectivity index (χ1v) is 8.19. The summed E-state index contributed by atoms with van der Waals surface area (Å²) in [6.07, 6.45) is 7.73. The molecule has 16 heavy (non-hydrogen) atoms. The second-order valence-corrected chi connectivity index (χ2v) is 7.19. The summed E-state index contributed by atoms with van der Waals surface area (Å²) in [4.78, 5) is 0. The quantitative estimate of drug-likeness (QED) is 0.774. The molecule has 2 heteroatoms. The number of hydrogen-bond donors (Lipinski definition) is 0. The SMILES string of the molecule is CC=C1Cc2ccccc2/C1=C/CS(C)=S. The van der Waals surface area contributed by atoms with Crippen molar-refractivity contribution in [1.29, 1.82) is 0 Å². The van der Waals surface area contributed by atoms with Crippen molar-refractivity contribution in [3.8, 4) is 0 Å². The van der Waals surface area contributed by atoms with Crippen LogP contribution in [-0.4, -0.2) is 12.0 Å². The van der Waals surface area contributed by atoms with Crippen LogP contribution in [-0.2, 0) is 27.1 Å². The number of rotatable bonds is 2. The van der Waals surface area contributed by atoms with Crippen molar-refractivity contribution in [2.75, 3.05) is 12.0 Å². The molecule has 0 aromatic heterocycles. The van der Waals surface area contributed by atoms with E-state index in [-0.39, 0.29) is 9.45 Å². The molecule has 0 N–H and O–H groups in total. The van der Waals surface area contributed by atoms with Gasteiger partial charge in [0.2, 0.25) is 0 Å². The van der Waals surface area contributed by atoms with E-state index in [0.717, 1.165) is 12.2 Å². The van der Waals surface area contributed by atoms with Gasteiger partial charge in [-0.3, -0.25) is 0 Å². The zero-order valence-electron chi connectivity index (χ0n) is 9.69. The normalized spacial score (nSPS) is 21.4. The summed E-state index contributed by atoms with van der Waals surface area (Å²) in [5.74, 6) is 1.01. The number of hydrogen-bond acceptors (Lipinski definition) is 1. The molecular weight excluding hydrogens is 232 g/mol. The Morgan fingerprint density at radius 3 is 2.81 bits per heavy atom. The van der Waals surface area contributed by atoms with Crippen LogP contribution in [0.3, 0.4) is 0 Å². The van der Waals surface area contributed by atoms with Gasteiger partial charge in [-0.05, 0) is 41.9 Å². The van der Waals surface area contributed by atoms with Crippen molar-refractivity contribution in [2.24, 2.45) is 0 Å². The number of fused-ring (bicyclic) bond motifs is 1. The Bertz CT molecular complexity index is 481. The van der Waals surface area contributed by atoms with E-state index in [1.54, 1.807) is 0 Å². The smallest absolute Gasteiger partial charge is 0.0166 e. The van der Waals surface area contributed by atoms with E-state index in [4.69, 9.17) is 11.2 Å². The van der Waals surface area contributed by atoms with Crippen molar-refractivity contribution in [2.45, 2.75) is 13.3 Å². The van der Waals surface area contributed by atoms with Gasteiger partial charge >= 0.3 is 0 Å². The second-order valence-electron chi connectivity index (χ2n) is 4.01. The van der Waals surface area contributed by atoms with E-state index in [1.165, 1.54) is 22.3 Å². The third kappa shape index (κ3) is 2.33. The van der Waals surface area contributed by atoms with Gasteiger partial charge in [0.1, 0.15) is 0 Å². The molecule has 1 atom stereocenters. The predicted molar refractivity (Wildman–Crippen MR) is 77.4 cm³/mol. The van der Waals surface area contributed by atoms with Crippen LogP contribution in [0.1, 0.15) is 18.1 Å². The van der Waals surface area contributed by atoms with Gasteiger partial charge < -0.3 is 0 Å². The molecule has 0 spiro atoms. The second kappa shape index (κ2) is 5.07. The lowest BCUT2D eigenvalue weighted by molar-refractivity contribution is 1.26. The maximum atomic E-state index is 5.25. The van der Waals surface area contributed by atoms with Gasteiger partial charge in [-0.1, -0.05) is 47.6 Å². The number of allylic oxidation sites excluding steroid dienone is 3. The van der Waals surface area contributed by atoms with Crippen LogP contribution in [0.25, 0.3) is 5.57 Å².